The van der Waals surface area contributed by atoms with Crippen molar-refractivity contribution >= 4 is 16.9 Å². The lowest BCUT2D eigenvalue weighted by Crippen LogP contribution is -2.37. The van der Waals surface area contributed by atoms with Gasteiger partial charge in [-0.2, -0.15) is 0 Å². The Labute approximate surface area is 112 Å². The summed E-state index contributed by atoms with van der Waals surface area (Å²) in [5.74, 6) is 0.136. The van der Waals surface area contributed by atoms with Gasteiger partial charge in [0.15, 0.2) is 0 Å². The second-order valence-electron chi connectivity index (χ2n) is 5.52. The molecule has 19 heavy (non-hydrogen) atoms. The van der Waals surface area contributed by atoms with Gasteiger partial charge in [-0.15, -0.1) is 0 Å². The molecule has 1 saturated carbocycles. The number of carbonyl (C=O) groups is 1. The maximum absolute atomic E-state index is 11.9. The topological polar surface area (TPSA) is 50.4 Å². The van der Waals surface area contributed by atoms with Crippen LogP contribution in [0, 0.1) is 6.92 Å². The maximum atomic E-state index is 11.9. The zero-order valence-corrected chi connectivity index (χ0v) is 11.1. The molecule has 1 aromatic heterocycles. The van der Waals surface area contributed by atoms with Crippen molar-refractivity contribution in [3.8, 4) is 0 Å². The van der Waals surface area contributed by atoms with Gasteiger partial charge in [-0.1, -0.05) is 31.4 Å². The average molecular weight is 258 g/mol. The van der Waals surface area contributed by atoms with Crippen molar-refractivity contribution in [2.75, 3.05) is 0 Å². The van der Waals surface area contributed by atoms with Gasteiger partial charge < -0.3 is 9.52 Å². The molecule has 3 rings (SSSR count). The van der Waals surface area contributed by atoms with E-state index < -0.39 is 11.4 Å². The monoisotopic (exact) mass is 258 g/mol. The Hall–Kier alpha value is -1.77. The number of aliphatic carboxylic acids is 1. The van der Waals surface area contributed by atoms with Gasteiger partial charge in [0.25, 0.3) is 0 Å². The summed E-state index contributed by atoms with van der Waals surface area (Å²) in [5.41, 5.74) is 0.990. The quantitative estimate of drug-likeness (QED) is 0.884. The molecule has 3 nitrogen and oxygen atoms in total. The number of furan rings is 1. The second kappa shape index (κ2) is 4.41. The standard InChI is InChI=1S/C16H18O3/c1-11-10-12-13(6-5-7-14(12)19-11)16(15(17)18)8-3-2-4-9-16/h5-7,10H,2-4,8-9H2,1H3,(H,17,18). The van der Waals surface area contributed by atoms with Crippen molar-refractivity contribution < 1.29 is 14.3 Å². The molecule has 0 radical (unpaired) electrons. The minimum atomic E-state index is -0.728. The van der Waals surface area contributed by atoms with Gasteiger partial charge in [0, 0.05) is 5.39 Å². The SMILES string of the molecule is Cc1cc2c(C3(C(=O)O)CCCCC3)cccc2o1. The van der Waals surface area contributed by atoms with Gasteiger partial charge in [-0.3, -0.25) is 4.79 Å². The Morgan fingerprint density at radius 1 is 1.26 bits per heavy atom. The van der Waals surface area contributed by atoms with Crippen LogP contribution < -0.4 is 0 Å². The number of carboxylic acids is 1. The third kappa shape index (κ3) is 1.84. The summed E-state index contributed by atoms with van der Waals surface area (Å²) < 4.78 is 5.63. The molecule has 1 aliphatic rings. The van der Waals surface area contributed by atoms with Crippen molar-refractivity contribution in [3.63, 3.8) is 0 Å². The number of carboxylic acid groups (broad SMARTS) is 1. The number of hydrogen-bond donors (Lipinski definition) is 1. The van der Waals surface area contributed by atoms with Crippen LogP contribution in [0.15, 0.2) is 28.7 Å². The van der Waals surface area contributed by atoms with Crippen LogP contribution in [0.5, 0.6) is 0 Å². The molecule has 0 unspecified atom stereocenters. The molecule has 100 valence electrons. The highest BCUT2D eigenvalue weighted by atomic mass is 16.4. The Kier molecular flexibility index (Phi) is 2.85. The average Bonchev–Trinajstić information content (AvgIpc) is 2.79. The Bertz CT molecular complexity index is 618. The normalized spacial score (nSPS) is 18.6. The third-order valence-corrected chi connectivity index (χ3v) is 4.32. The molecule has 0 saturated heterocycles. The van der Waals surface area contributed by atoms with E-state index in [2.05, 4.69) is 0 Å². The van der Waals surface area contributed by atoms with E-state index in [1.165, 1.54) is 0 Å². The first kappa shape index (κ1) is 12.3. The van der Waals surface area contributed by atoms with Crippen molar-refractivity contribution in [3.05, 3.63) is 35.6 Å². The Morgan fingerprint density at radius 3 is 2.68 bits per heavy atom. The molecule has 0 bridgehead atoms. The number of fused-ring (bicyclic) bond motifs is 1. The first-order valence-corrected chi connectivity index (χ1v) is 6.86. The van der Waals surface area contributed by atoms with E-state index in [0.29, 0.717) is 0 Å². The van der Waals surface area contributed by atoms with Crippen molar-refractivity contribution in [2.45, 2.75) is 44.4 Å². The number of rotatable bonds is 2. The fourth-order valence-electron chi connectivity index (χ4n) is 3.36. The molecular formula is C16H18O3. The van der Waals surface area contributed by atoms with Crippen LogP contribution in [-0.4, -0.2) is 11.1 Å². The lowest BCUT2D eigenvalue weighted by Gasteiger charge is -2.34. The highest BCUT2D eigenvalue weighted by Crippen LogP contribution is 2.43. The fraction of sp³-hybridized carbons (Fsp3) is 0.438. The summed E-state index contributed by atoms with van der Waals surface area (Å²) in [6, 6.07) is 7.73. The lowest BCUT2D eigenvalue weighted by molar-refractivity contribution is -0.145. The number of hydrogen-bond acceptors (Lipinski definition) is 2. The first-order valence-electron chi connectivity index (χ1n) is 6.86. The summed E-state index contributed by atoms with van der Waals surface area (Å²) in [4.78, 5) is 11.9. The summed E-state index contributed by atoms with van der Waals surface area (Å²) in [5, 5.41) is 10.7. The van der Waals surface area contributed by atoms with Crippen molar-refractivity contribution in [2.24, 2.45) is 0 Å². The molecule has 2 aromatic rings. The summed E-state index contributed by atoms with van der Waals surface area (Å²) in [6.45, 7) is 1.90. The molecule has 1 fully saturated rings. The van der Waals surface area contributed by atoms with Gasteiger partial charge in [0.1, 0.15) is 11.3 Å². The molecule has 1 aliphatic carbocycles. The highest BCUT2D eigenvalue weighted by Gasteiger charge is 2.42. The molecule has 1 aromatic carbocycles. The maximum Gasteiger partial charge on any atom is 0.314 e. The molecule has 0 aliphatic heterocycles. The van der Waals surface area contributed by atoms with E-state index in [4.69, 9.17) is 4.42 Å². The van der Waals surface area contributed by atoms with Crippen molar-refractivity contribution in [1.82, 2.24) is 0 Å². The van der Waals surface area contributed by atoms with Gasteiger partial charge in [0.05, 0.1) is 5.41 Å². The largest absolute Gasteiger partial charge is 0.481 e. The van der Waals surface area contributed by atoms with Crippen LogP contribution in [0.25, 0.3) is 11.0 Å². The zero-order valence-electron chi connectivity index (χ0n) is 11.1. The van der Waals surface area contributed by atoms with E-state index in [1.807, 2.05) is 31.2 Å². The van der Waals surface area contributed by atoms with Gasteiger partial charge in [-0.25, -0.2) is 0 Å². The van der Waals surface area contributed by atoms with Gasteiger partial charge in [-0.05, 0) is 37.5 Å². The van der Waals surface area contributed by atoms with Crippen LogP contribution in [0.3, 0.4) is 0 Å². The number of benzene rings is 1. The van der Waals surface area contributed by atoms with E-state index >= 15 is 0 Å². The summed E-state index contributed by atoms with van der Waals surface area (Å²) in [7, 11) is 0. The minimum Gasteiger partial charge on any atom is -0.481 e. The van der Waals surface area contributed by atoms with Crippen LogP contribution >= 0.6 is 0 Å². The smallest absolute Gasteiger partial charge is 0.314 e. The van der Waals surface area contributed by atoms with Crippen LogP contribution in [0.4, 0.5) is 0 Å². The third-order valence-electron chi connectivity index (χ3n) is 4.32. The predicted octanol–water partition coefficient (Wildman–Crippen LogP) is 4.03. The Balaban J connectivity index is 2.22. The second-order valence-corrected chi connectivity index (χ2v) is 5.52. The van der Waals surface area contributed by atoms with Gasteiger partial charge >= 0.3 is 5.97 Å². The lowest BCUT2D eigenvalue weighted by atomic mass is 9.68. The van der Waals surface area contributed by atoms with E-state index in [-0.39, 0.29) is 0 Å². The summed E-state index contributed by atoms with van der Waals surface area (Å²) >= 11 is 0. The Morgan fingerprint density at radius 2 is 2.00 bits per heavy atom. The molecule has 3 heteroatoms. The van der Waals surface area contributed by atoms with Crippen LogP contribution in [0.2, 0.25) is 0 Å². The van der Waals surface area contributed by atoms with Crippen molar-refractivity contribution in [1.29, 1.82) is 0 Å². The first-order chi connectivity index (χ1) is 9.13. The van der Waals surface area contributed by atoms with Crippen LogP contribution in [0.1, 0.15) is 43.4 Å². The molecule has 0 spiro atoms. The number of aryl methyl sites for hydroxylation is 1. The molecule has 0 amide bonds. The molecule has 0 atom stereocenters. The molecule has 1 N–H and O–H groups in total. The van der Waals surface area contributed by atoms with Gasteiger partial charge in [0.2, 0.25) is 0 Å². The van der Waals surface area contributed by atoms with E-state index in [9.17, 15) is 9.90 Å². The zero-order chi connectivity index (χ0) is 13.5. The molecule has 1 heterocycles. The predicted molar refractivity (Wildman–Crippen MR) is 73.3 cm³/mol. The highest BCUT2D eigenvalue weighted by molar-refractivity contribution is 5.91. The van der Waals surface area contributed by atoms with E-state index in [1.54, 1.807) is 0 Å². The van der Waals surface area contributed by atoms with Crippen LogP contribution in [-0.2, 0) is 10.2 Å². The fourth-order valence-corrected chi connectivity index (χ4v) is 3.36. The minimum absolute atomic E-state index is 0.696. The summed E-state index contributed by atoms with van der Waals surface area (Å²) in [6.07, 6.45) is 4.56. The molecular weight excluding hydrogens is 240 g/mol. The van der Waals surface area contributed by atoms with E-state index in [0.717, 1.165) is 54.4 Å².